The molecule has 0 atom stereocenters. The Kier molecular flexibility index (Phi) is 3.41. The second-order valence-electron chi connectivity index (χ2n) is 4.49. The molecule has 0 spiro atoms. The first-order valence-corrected chi connectivity index (χ1v) is 7.11. The maximum atomic E-state index is 12.0. The molecule has 21 heavy (non-hydrogen) atoms. The molecule has 6 nitrogen and oxygen atoms in total. The zero-order valence-electron chi connectivity index (χ0n) is 10.9. The van der Waals surface area contributed by atoms with Crippen molar-refractivity contribution in [3.63, 3.8) is 0 Å². The van der Waals surface area contributed by atoms with Crippen molar-refractivity contribution in [1.82, 2.24) is 9.97 Å². The summed E-state index contributed by atoms with van der Waals surface area (Å²) in [5, 5.41) is 5.57. The van der Waals surface area contributed by atoms with E-state index in [0.717, 1.165) is 16.5 Å². The molecule has 0 saturated carbocycles. The van der Waals surface area contributed by atoms with Crippen LogP contribution in [0.2, 0.25) is 0 Å². The molecule has 0 aliphatic rings. The molecule has 0 fully saturated rings. The number of hydrogen-bond acceptors (Lipinski definition) is 4. The molecule has 1 aromatic carbocycles. The van der Waals surface area contributed by atoms with Crippen LogP contribution in [0.15, 0.2) is 35.8 Å². The number of nitrogens with zero attached hydrogens (tertiary/aromatic N) is 1. The SMILES string of the molecule is NC(=O)c1csc(NC(=O)Cc2c[nH]c3ccccc23)n1. The lowest BCUT2D eigenvalue weighted by Gasteiger charge is -2.00. The predicted molar refractivity (Wildman–Crippen MR) is 81.3 cm³/mol. The summed E-state index contributed by atoms with van der Waals surface area (Å²) in [6.07, 6.45) is 2.05. The molecule has 0 unspecified atom stereocenters. The minimum Gasteiger partial charge on any atom is -0.364 e. The van der Waals surface area contributed by atoms with E-state index in [0.29, 0.717) is 5.13 Å². The van der Waals surface area contributed by atoms with E-state index in [1.165, 1.54) is 16.7 Å². The van der Waals surface area contributed by atoms with E-state index >= 15 is 0 Å². The number of nitrogens with one attached hydrogen (secondary N) is 2. The van der Waals surface area contributed by atoms with Gasteiger partial charge in [0.05, 0.1) is 6.42 Å². The fourth-order valence-corrected chi connectivity index (χ4v) is 2.77. The molecule has 0 aliphatic carbocycles. The number of anilines is 1. The second kappa shape index (κ2) is 5.37. The van der Waals surface area contributed by atoms with Gasteiger partial charge < -0.3 is 16.0 Å². The smallest absolute Gasteiger partial charge is 0.268 e. The lowest BCUT2D eigenvalue weighted by atomic mass is 10.1. The summed E-state index contributed by atoms with van der Waals surface area (Å²) in [6, 6.07) is 7.78. The summed E-state index contributed by atoms with van der Waals surface area (Å²) >= 11 is 1.17. The van der Waals surface area contributed by atoms with Gasteiger partial charge in [-0.15, -0.1) is 11.3 Å². The van der Waals surface area contributed by atoms with Crippen molar-refractivity contribution in [2.24, 2.45) is 5.73 Å². The summed E-state index contributed by atoms with van der Waals surface area (Å²) in [7, 11) is 0. The Labute approximate surface area is 124 Å². The highest BCUT2D eigenvalue weighted by Crippen LogP contribution is 2.19. The number of nitrogens with two attached hydrogens (primary N) is 1. The van der Waals surface area contributed by atoms with Crippen molar-refractivity contribution in [3.8, 4) is 0 Å². The Balaban J connectivity index is 1.72. The summed E-state index contributed by atoms with van der Waals surface area (Å²) in [6.45, 7) is 0. The zero-order chi connectivity index (χ0) is 14.8. The fraction of sp³-hybridized carbons (Fsp3) is 0.0714. The van der Waals surface area contributed by atoms with Gasteiger partial charge in [0, 0.05) is 22.5 Å². The predicted octanol–water partition coefficient (Wildman–Crippen LogP) is 1.90. The van der Waals surface area contributed by atoms with Gasteiger partial charge in [0.25, 0.3) is 5.91 Å². The molecule has 4 N–H and O–H groups in total. The first-order valence-electron chi connectivity index (χ1n) is 6.23. The number of fused-ring (bicyclic) bond motifs is 1. The minimum atomic E-state index is -0.608. The Hall–Kier alpha value is -2.67. The highest BCUT2D eigenvalue weighted by molar-refractivity contribution is 7.14. The standard InChI is InChI=1S/C14H12N4O2S/c15-13(20)11-7-21-14(17-11)18-12(19)5-8-6-16-10-4-2-1-3-9(8)10/h1-4,6-7,16H,5H2,(H2,15,20)(H,17,18,19). The van der Waals surface area contributed by atoms with Crippen LogP contribution in [0.1, 0.15) is 16.1 Å². The molecule has 0 aliphatic heterocycles. The van der Waals surface area contributed by atoms with E-state index in [4.69, 9.17) is 5.73 Å². The maximum absolute atomic E-state index is 12.0. The number of thiazole rings is 1. The summed E-state index contributed by atoms with van der Waals surface area (Å²) < 4.78 is 0. The Morgan fingerprint density at radius 2 is 2.14 bits per heavy atom. The zero-order valence-corrected chi connectivity index (χ0v) is 11.7. The molecule has 0 bridgehead atoms. The molecule has 0 radical (unpaired) electrons. The molecule has 106 valence electrons. The van der Waals surface area contributed by atoms with Crippen molar-refractivity contribution >= 4 is 39.2 Å². The van der Waals surface area contributed by atoms with Gasteiger partial charge in [-0.1, -0.05) is 18.2 Å². The van der Waals surface area contributed by atoms with Gasteiger partial charge in [0.2, 0.25) is 5.91 Å². The van der Waals surface area contributed by atoms with Crippen molar-refractivity contribution in [2.75, 3.05) is 5.32 Å². The molecule has 3 rings (SSSR count). The normalized spacial score (nSPS) is 10.7. The third kappa shape index (κ3) is 2.77. The average molecular weight is 300 g/mol. The maximum Gasteiger partial charge on any atom is 0.268 e. The number of H-pyrrole nitrogens is 1. The van der Waals surface area contributed by atoms with Crippen molar-refractivity contribution in [2.45, 2.75) is 6.42 Å². The van der Waals surface area contributed by atoms with Crippen LogP contribution in [-0.4, -0.2) is 21.8 Å². The highest BCUT2D eigenvalue weighted by Gasteiger charge is 2.12. The molecular weight excluding hydrogens is 288 g/mol. The van der Waals surface area contributed by atoms with Crippen LogP contribution >= 0.6 is 11.3 Å². The Bertz CT molecular complexity index is 821. The van der Waals surface area contributed by atoms with Gasteiger partial charge >= 0.3 is 0 Å². The topological polar surface area (TPSA) is 101 Å². The van der Waals surface area contributed by atoms with E-state index < -0.39 is 5.91 Å². The van der Waals surface area contributed by atoms with Crippen LogP contribution < -0.4 is 11.1 Å². The van der Waals surface area contributed by atoms with Gasteiger partial charge in [-0.3, -0.25) is 9.59 Å². The van der Waals surface area contributed by atoms with Gasteiger partial charge in [0.1, 0.15) is 5.69 Å². The molecule has 2 aromatic heterocycles. The molecule has 7 heteroatoms. The van der Waals surface area contributed by atoms with Crippen molar-refractivity contribution in [3.05, 3.63) is 47.1 Å². The fourth-order valence-electron chi connectivity index (χ4n) is 2.06. The van der Waals surface area contributed by atoms with Gasteiger partial charge in [0.15, 0.2) is 5.13 Å². The highest BCUT2D eigenvalue weighted by atomic mass is 32.1. The van der Waals surface area contributed by atoms with E-state index in [1.807, 2.05) is 30.5 Å². The van der Waals surface area contributed by atoms with Crippen LogP contribution in [0.5, 0.6) is 0 Å². The quantitative estimate of drug-likeness (QED) is 0.686. The Morgan fingerprint density at radius 1 is 1.33 bits per heavy atom. The van der Waals surface area contributed by atoms with Crippen LogP contribution in [0.25, 0.3) is 10.9 Å². The van der Waals surface area contributed by atoms with Crippen LogP contribution in [-0.2, 0) is 11.2 Å². The van der Waals surface area contributed by atoms with Crippen molar-refractivity contribution in [1.29, 1.82) is 0 Å². The number of primary amides is 1. The first kappa shape index (κ1) is 13.3. The minimum absolute atomic E-state index is 0.155. The largest absolute Gasteiger partial charge is 0.364 e. The monoisotopic (exact) mass is 300 g/mol. The molecule has 2 amide bonds. The summed E-state index contributed by atoms with van der Waals surface area (Å²) in [4.78, 5) is 30.0. The van der Waals surface area contributed by atoms with E-state index in [2.05, 4.69) is 15.3 Å². The molecule has 3 aromatic rings. The molecule has 2 heterocycles. The lowest BCUT2D eigenvalue weighted by Crippen LogP contribution is -2.15. The number of hydrogen-bond donors (Lipinski definition) is 3. The van der Waals surface area contributed by atoms with Crippen LogP contribution in [0, 0.1) is 0 Å². The molecule has 0 saturated heterocycles. The van der Waals surface area contributed by atoms with Gasteiger partial charge in [-0.05, 0) is 11.6 Å². The van der Waals surface area contributed by atoms with Gasteiger partial charge in [-0.2, -0.15) is 0 Å². The van der Waals surface area contributed by atoms with Crippen LogP contribution in [0.3, 0.4) is 0 Å². The number of aromatic amines is 1. The average Bonchev–Trinajstić information content (AvgIpc) is 3.07. The van der Waals surface area contributed by atoms with Gasteiger partial charge in [-0.25, -0.2) is 4.98 Å². The number of amides is 2. The van der Waals surface area contributed by atoms with E-state index in [9.17, 15) is 9.59 Å². The van der Waals surface area contributed by atoms with E-state index in [1.54, 1.807) is 0 Å². The van der Waals surface area contributed by atoms with Crippen LogP contribution in [0.4, 0.5) is 5.13 Å². The second-order valence-corrected chi connectivity index (χ2v) is 5.34. The number of aromatic nitrogens is 2. The number of benzene rings is 1. The number of rotatable bonds is 4. The number of carbonyl (C=O) groups excluding carboxylic acids is 2. The molecular formula is C14H12N4O2S. The summed E-state index contributed by atoms with van der Waals surface area (Å²) in [5.41, 5.74) is 7.18. The van der Waals surface area contributed by atoms with Crippen molar-refractivity contribution < 1.29 is 9.59 Å². The Morgan fingerprint density at radius 3 is 2.90 bits per heavy atom. The third-order valence-corrected chi connectivity index (χ3v) is 3.79. The third-order valence-electron chi connectivity index (χ3n) is 3.03. The first-order chi connectivity index (χ1) is 10.1. The summed E-state index contributed by atoms with van der Waals surface area (Å²) in [5.74, 6) is -0.798. The van der Waals surface area contributed by atoms with E-state index in [-0.39, 0.29) is 18.0 Å². The number of carbonyl (C=O) groups is 2. The number of para-hydroxylation sites is 1. The lowest BCUT2D eigenvalue weighted by molar-refractivity contribution is -0.115.